The molecule has 2 aliphatic rings. The summed E-state index contributed by atoms with van der Waals surface area (Å²) in [7, 11) is 0. The molecule has 4 nitrogen and oxygen atoms in total. The minimum absolute atomic E-state index is 0.168. The van der Waals surface area contributed by atoms with Gasteiger partial charge in [-0.25, -0.2) is 0 Å². The highest BCUT2D eigenvalue weighted by Gasteiger charge is 2.43. The molecule has 1 saturated carbocycles. The van der Waals surface area contributed by atoms with Gasteiger partial charge in [-0.05, 0) is 70.9 Å². The van der Waals surface area contributed by atoms with Crippen molar-refractivity contribution in [2.75, 3.05) is 13.1 Å². The lowest BCUT2D eigenvalue weighted by atomic mass is 9.75. The first-order chi connectivity index (χ1) is 9.74. The number of nitrogens with zero attached hydrogens (tertiary/aromatic N) is 1. The van der Waals surface area contributed by atoms with Gasteiger partial charge in [0.15, 0.2) is 0 Å². The van der Waals surface area contributed by atoms with E-state index in [2.05, 4.69) is 37.9 Å². The van der Waals surface area contributed by atoms with Crippen molar-refractivity contribution in [2.45, 2.75) is 83.8 Å². The van der Waals surface area contributed by atoms with Crippen molar-refractivity contribution in [1.29, 1.82) is 0 Å². The minimum atomic E-state index is -0.496. The SMILES string of the molecule is CC(C)NC1(C(N)=O)CCCC(N2CCC(C)(C)CC2)C1. The Bertz CT molecular complexity index is 370. The van der Waals surface area contributed by atoms with Gasteiger partial charge in [0.1, 0.15) is 0 Å². The highest BCUT2D eigenvalue weighted by Crippen LogP contribution is 2.36. The molecule has 1 aliphatic carbocycles. The fraction of sp³-hybridized carbons (Fsp3) is 0.941. The molecule has 2 rings (SSSR count). The smallest absolute Gasteiger partial charge is 0.237 e. The zero-order valence-corrected chi connectivity index (χ0v) is 14.2. The molecule has 1 saturated heterocycles. The highest BCUT2D eigenvalue weighted by atomic mass is 16.1. The molecular weight excluding hydrogens is 262 g/mol. The molecule has 2 atom stereocenters. The van der Waals surface area contributed by atoms with Gasteiger partial charge in [-0.15, -0.1) is 0 Å². The Morgan fingerprint density at radius 1 is 1.24 bits per heavy atom. The van der Waals surface area contributed by atoms with Crippen molar-refractivity contribution < 1.29 is 4.79 Å². The van der Waals surface area contributed by atoms with E-state index in [1.54, 1.807) is 0 Å². The number of carbonyl (C=O) groups excluding carboxylic acids is 1. The van der Waals surface area contributed by atoms with E-state index in [0.717, 1.165) is 32.4 Å². The van der Waals surface area contributed by atoms with Crippen LogP contribution in [0.1, 0.15) is 66.2 Å². The number of amides is 1. The topological polar surface area (TPSA) is 58.4 Å². The van der Waals surface area contributed by atoms with Crippen molar-refractivity contribution in [3.05, 3.63) is 0 Å². The average Bonchev–Trinajstić information content (AvgIpc) is 2.38. The second-order valence-corrected chi connectivity index (χ2v) is 8.20. The van der Waals surface area contributed by atoms with E-state index in [4.69, 9.17) is 5.73 Å². The van der Waals surface area contributed by atoms with Gasteiger partial charge in [0.05, 0.1) is 5.54 Å². The van der Waals surface area contributed by atoms with E-state index in [0.29, 0.717) is 11.5 Å². The summed E-state index contributed by atoms with van der Waals surface area (Å²) >= 11 is 0. The predicted octanol–water partition coefficient (Wildman–Crippen LogP) is 2.27. The lowest BCUT2D eigenvalue weighted by molar-refractivity contribution is -0.127. The molecule has 1 heterocycles. The summed E-state index contributed by atoms with van der Waals surface area (Å²) in [6.45, 7) is 11.2. The molecular formula is C17H33N3O. The molecule has 2 fully saturated rings. The summed E-state index contributed by atoms with van der Waals surface area (Å²) < 4.78 is 0. The molecule has 122 valence electrons. The fourth-order valence-corrected chi connectivity index (χ4v) is 4.03. The Morgan fingerprint density at radius 3 is 2.38 bits per heavy atom. The summed E-state index contributed by atoms with van der Waals surface area (Å²) in [6.07, 6.45) is 6.56. The molecule has 0 radical (unpaired) electrons. The van der Waals surface area contributed by atoms with E-state index in [1.807, 2.05) is 0 Å². The van der Waals surface area contributed by atoms with Crippen molar-refractivity contribution in [3.63, 3.8) is 0 Å². The molecule has 0 bridgehead atoms. The molecule has 1 aliphatic heterocycles. The van der Waals surface area contributed by atoms with Crippen molar-refractivity contribution in [3.8, 4) is 0 Å². The lowest BCUT2D eigenvalue weighted by Crippen LogP contribution is -2.62. The van der Waals surface area contributed by atoms with Crippen LogP contribution in [0.2, 0.25) is 0 Å². The van der Waals surface area contributed by atoms with Gasteiger partial charge in [0, 0.05) is 12.1 Å². The monoisotopic (exact) mass is 295 g/mol. The summed E-state index contributed by atoms with van der Waals surface area (Å²) in [5, 5.41) is 3.48. The van der Waals surface area contributed by atoms with Crippen LogP contribution in [0.15, 0.2) is 0 Å². The maximum atomic E-state index is 12.1. The first kappa shape index (κ1) is 16.8. The number of likely N-dealkylation sites (tertiary alicyclic amines) is 1. The van der Waals surface area contributed by atoms with Crippen LogP contribution in [0.5, 0.6) is 0 Å². The van der Waals surface area contributed by atoms with Crippen LogP contribution in [-0.2, 0) is 4.79 Å². The molecule has 0 aromatic rings. The quantitative estimate of drug-likeness (QED) is 0.836. The Labute approximate surface area is 129 Å². The first-order valence-electron chi connectivity index (χ1n) is 8.56. The number of nitrogens with two attached hydrogens (primary N) is 1. The third-order valence-corrected chi connectivity index (χ3v) is 5.43. The van der Waals surface area contributed by atoms with Crippen molar-refractivity contribution >= 4 is 5.91 Å². The normalized spacial score (nSPS) is 34.0. The van der Waals surface area contributed by atoms with Gasteiger partial charge in [-0.2, -0.15) is 0 Å². The Balaban J connectivity index is 2.04. The van der Waals surface area contributed by atoms with Gasteiger partial charge in [-0.3, -0.25) is 4.79 Å². The standard InChI is InChI=1S/C17H33N3O/c1-13(2)19-17(15(18)21)7-5-6-14(12-17)20-10-8-16(3,4)9-11-20/h13-14,19H,5-12H2,1-4H3,(H2,18,21). The van der Waals surface area contributed by atoms with Gasteiger partial charge in [0.25, 0.3) is 0 Å². The van der Waals surface area contributed by atoms with Crippen molar-refractivity contribution in [2.24, 2.45) is 11.1 Å². The third kappa shape index (κ3) is 3.98. The zero-order chi connectivity index (χ0) is 15.7. The van der Waals surface area contributed by atoms with Crippen LogP contribution in [0, 0.1) is 5.41 Å². The van der Waals surface area contributed by atoms with E-state index in [9.17, 15) is 4.79 Å². The largest absolute Gasteiger partial charge is 0.368 e. The number of hydrogen-bond donors (Lipinski definition) is 2. The van der Waals surface area contributed by atoms with Crippen LogP contribution in [0.4, 0.5) is 0 Å². The summed E-state index contributed by atoms with van der Waals surface area (Å²) in [5.74, 6) is -0.168. The van der Waals surface area contributed by atoms with Crippen LogP contribution < -0.4 is 11.1 Å². The number of nitrogens with one attached hydrogen (secondary N) is 1. The average molecular weight is 295 g/mol. The highest BCUT2D eigenvalue weighted by molar-refractivity contribution is 5.85. The van der Waals surface area contributed by atoms with Crippen LogP contribution in [0.3, 0.4) is 0 Å². The third-order valence-electron chi connectivity index (χ3n) is 5.43. The fourth-order valence-electron chi connectivity index (χ4n) is 4.03. The molecule has 21 heavy (non-hydrogen) atoms. The van der Waals surface area contributed by atoms with E-state index in [-0.39, 0.29) is 11.9 Å². The van der Waals surface area contributed by atoms with Crippen LogP contribution in [0.25, 0.3) is 0 Å². The summed E-state index contributed by atoms with van der Waals surface area (Å²) in [6, 6.07) is 0.796. The van der Waals surface area contributed by atoms with Crippen LogP contribution in [-0.4, -0.2) is 41.5 Å². The maximum absolute atomic E-state index is 12.1. The second-order valence-electron chi connectivity index (χ2n) is 8.20. The molecule has 4 heteroatoms. The van der Waals surface area contributed by atoms with Gasteiger partial charge in [0.2, 0.25) is 5.91 Å². The zero-order valence-electron chi connectivity index (χ0n) is 14.2. The molecule has 2 unspecified atom stereocenters. The summed E-state index contributed by atoms with van der Waals surface area (Å²) in [4.78, 5) is 14.7. The van der Waals surface area contributed by atoms with Crippen molar-refractivity contribution in [1.82, 2.24) is 10.2 Å². The van der Waals surface area contributed by atoms with Gasteiger partial charge < -0.3 is 16.0 Å². The molecule has 3 N–H and O–H groups in total. The number of rotatable bonds is 4. The van der Waals surface area contributed by atoms with E-state index >= 15 is 0 Å². The Hall–Kier alpha value is -0.610. The molecule has 1 amide bonds. The number of carbonyl (C=O) groups is 1. The molecule has 0 aromatic carbocycles. The summed E-state index contributed by atoms with van der Waals surface area (Å²) in [5.41, 5.74) is 5.74. The van der Waals surface area contributed by atoms with Gasteiger partial charge >= 0.3 is 0 Å². The number of piperidine rings is 1. The second kappa shape index (κ2) is 6.25. The Kier molecular flexibility index (Phi) is 4.99. The van der Waals surface area contributed by atoms with E-state index in [1.165, 1.54) is 19.3 Å². The van der Waals surface area contributed by atoms with Crippen LogP contribution >= 0.6 is 0 Å². The minimum Gasteiger partial charge on any atom is -0.368 e. The first-order valence-corrected chi connectivity index (χ1v) is 8.56. The van der Waals surface area contributed by atoms with Gasteiger partial charge in [-0.1, -0.05) is 13.8 Å². The molecule has 0 spiro atoms. The molecule has 0 aromatic heterocycles. The number of hydrogen-bond acceptors (Lipinski definition) is 3. The Morgan fingerprint density at radius 2 is 1.86 bits per heavy atom. The predicted molar refractivity (Wildman–Crippen MR) is 87.0 cm³/mol. The maximum Gasteiger partial charge on any atom is 0.237 e. The van der Waals surface area contributed by atoms with E-state index < -0.39 is 5.54 Å². The number of primary amides is 1. The lowest BCUT2D eigenvalue weighted by Gasteiger charge is -2.47.